The van der Waals surface area contributed by atoms with Crippen molar-refractivity contribution in [2.75, 3.05) is 49.4 Å². The van der Waals surface area contributed by atoms with E-state index in [0.717, 1.165) is 17.8 Å². The van der Waals surface area contributed by atoms with Crippen molar-refractivity contribution in [1.29, 1.82) is 0 Å². The van der Waals surface area contributed by atoms with Crippen LogP contribution >= 0.6 is 0 Å². The van der Waals surface area contributed by atoms with Crippen molar-refractivity contribution in [2.24, 2.45) is 0 Å². The number of benzene rings is 2. The molecule has 2 aliphatic rings. The van der Waals surface area contributed by atoms with Crippen molar-refractivity contribution in [3.8, 4) is 17.0 Å². The van der Waals surface area contributed by atoms with Crippen LogP contribution in [0.1, 0.15) is 10.4 Å². The topological polar surface area (TPSA) is 79.8 Å². The van der Waals surface area contributed by atoms with Crippen LogP contribution in [0.25, 0.3) is 22.2 Å². The Kier molecular flexibility index (Phi) is 6.20. The van der Waals surface area contributed by atoms with Gasteiger partial charge in [-0.1, -0.05) is 12.1 Å². The molecule has 0 spiro atoms. The third-order valence-corrected chi connectivity index (χ3v) is 6.55. The number of carbonyl (C=O) groups excluding carboxylic acids is 1. The van der Waals surface area contributed by atoms with E-state index < -0.39 is 17.5 Å². The molecule has 38 heavy (non-hydrogen) atoms. The van der Waals surface area contributed by atoms with Gasteiger partial charge in [0.15, 0.2) is 17.5 Å². The minimum atomic E-state index is -1.56. The molecule has 11 heteroatoms. The summed E-state index contributed by atoms with van der Waals surface area (Å²) < 4.78 is 52.9. The maximum absolute atomic E-state index is 14.0. The fourth-order valence-corrected chi connectivity index (χ4v) is 4.78. The number of ether oxygens (including phenoxy) is 2. The van der Waals surface area contributed by atoms with Crippen LogP contribution in [-0.2, 0) is 4.74 Å². The predicted octanol–water partition coefficient (Wildman–Crippen LogP) is 4.09. The summed E-state index contributed by atoms with van der Waals surface area (Å²) in [6, 6.07) is 10.9. The molecule has 4 heterocycles. The number of carbonyl (C=O) groups is 1. The lowest BCUT2D eigenvalue weighted by Gasteiger charge is -2.33. The normalized spacial score (nSPS) is 15.2. The fourth-order valence-electron chi connectivity index (χ4n) is 4.78. The summed E-state index contributed by atoms with van der Waals surface area (Å²) in [5, 5.41) is 2.30. The van der Waals surface area contributed by atoms with Crippen LogP contribution in [0, 0.1) is 17.5 Å². The second-order valence-electron chi connectivity index (χ2n) is 8.84. The van der Waals surface area contributed by atoms with Gasteiger partial charge in [0.05, 0.1) is 47.9 Å². The summed E-state index contributed by atoms with van der Waals surface area (Å²) >= 11 is 0. The lowest BCUT2D eigenvalue weighted by molar-refractivity contribution is 0.0943. The van der Waals surface area contributed by atoms with Crippen molar-refractivity contribution in [2.45, 2.75) is 0 Å². The molecule has 1 N–H and O–H groups in total. The van der Waals surface area contributed by atoms with Gasteiger partial charge in [-0.2, -0.15) is 0 Å². The van der Waals surface area contributed by atoms with Gasteiger partial charge in [0.1, 0.15) is 12.4 Å². The molecule has 0 atom stereocenters. The van der Waals surface area contributed by atoms with E-state index in [0.29, 0.717) is 67.4 Å². The van der Waals surface area contributed by atoms with Crippen molar-refractivity contribution in [1.82, 2.24) is 15.4 Å². The first kappa shape index (κ1) is 24.0. The summed E-state index contributed by atoms with van der Waals surface area (Å²) in [5.41, 5.74) is 5.15. The second-order valence-corrected chi connectivity index (χ2v) is 8.84. The number of hydrogen-bond donors (Lipinski definition) is 1. The van der Waals surface area contributed by atoms with Crippen molar-refractivity contribution in [3.05, 3.63) is 77.9 Å². The third kappa shape index (κ3) is 4.24. The third-order valence-electron chi connectivity index (χ3n) is 6.55. The quantitative estimate of drug-likeness (QED) is 0.405. The lowest BCUT2D eigenvalue weighted by atomic mass is 10.0. The minimum absolute atomic E-state index is 0.0366. The molecule has 1 amide bonds. The number of hydrazine groups is 1. The maximum Gasteiger partial charge on any atom is 0.273 e. The molecule has 0 unspecified atom stereocenters. The Morgan fingerprint density at radius 1 is 0.947 bits per heavy atom. The first-order valence-corrected chi connectivity index (χ1v) is 12.1. The van der Waals surface area contributed by atoms with Crippen LogP contribution in [-0.4, -0.2) is 55.3 Å². The van der Waals surface area contributed by atoms with E-state index in [1.807, 2.05) is 29.2 Å². The van der Waals surface area contributed by atoms with E-state index in [4.69, 9.17) is 9.47 Å². The molecule has 1 fully saturated rings. The van der Waals surface area contributed by atoms with Gasteiger partial charge >= 0.3 is 0 Å². The summed E-state index contributed by atoms with van der Waals surface area (Å²) in [7, 11) is 0. The number of hydrogen-bond acceptors (Lipinski definition) is 7. The summed E-state index contributed by atoms with van der Waals surface area (Å²) in [6.07, 6.45) is 2.90. The van der Waals surface area contributed by atoms with Gasteiger partial charge in [-0.15, -0.1) is 0 Å². The van der Waals surface area contributed by atoms with E-state index in [-0.39, 0.29) is 17.2 Å². The Labute approximate surface area is 215 Å². The molecule has 2 aliphatic heterocycles. The van der Waals surface area contributed by atoms with Crippen LogP contribution in [0.3, 0.4) is 0 Å². The van der Waals surface area contributed by atoms with E-state index in [9.17, 15) is 18.0 Å². The molecule has 8 nitrogen and oxygen atoms in total. The average Bonchev–Trinajstić information content (AvgIpc) is 2.95. The van der Waals surface area contributed by atoms with E-state index in [1.165, 1.54) is 12.4 Å². The van der Waals surface area contributed by atoms with Crippen LogP contribution in [0.15, 0.2) is 54.9 Å². The number of amides is 1. The zero-order chi connectivity index (χ0) is 26.2. The average molecular weight is 521 g/mol. The molecule has 2 aromatic carbocycles. The fraction of sp³-hybridized carbons (Fsp3) is 0.222. The molecule has 2 aromatic heterocycles. The SMILES string of the molecule is O=C(NN1CCOc2ccccc21)c1cnc2c(-c3cc(F)c(F)c(F)c3)nccc2c1N1CCOCC1. The molecule has 0 aliphatic carbocycles. The van der Waals surface area contributed by atoms with Gasteiger partial charge in [-0.3, -0.25) is 25.2 Å². The summed E-state index contributed by atoms with van der Waals surface area (Å²) in [5.74, 6) is -3.92. The van der Waals surface area contributed by atoms with Crippen molar-refractivity contribution < 1.29 is 27.4 Å². The first-order chi connectivity index (χ1) is 18.5. The number of fused-ring (bicyclic) bond motifs is 2. The standard InChI is InChI=1S/C27H22F3N5O3/c28-19-13-16(14-20(29)23(19)30)24-25-17(5-6-31-24)26(34-7-10-37-11-8-34)18(15-32-25)27(36)33-35-9-12-38-22-4-2-1-3-21(22)35/h1-6,13-15H,7-12H2,(H,33,36). The number of nitrogens with zero attached hydrogens (tertiary/aromatic N) is 4. The molecular weight excluding hydrogens is 499 g/mol. The highest BCUT2D eigenvalue weighted by atomic mass is 19.2. The number of rotatable bonds is 4. The van der Waals surface area contributed by atoms with E-state index in [2.05, 4.69) is 15.4 Å². The van der Waals surface area contributed by atoms with Crippen LogP contribution < -0.4 is 20.1 Å². The van der Waals surface area contributed by atoms with Gasteiger partial charge < -0.3 is 14.4 Å². The number of anilines is 2. The van der Waals surface area contributed by atoms with Crippen molar-refractivity contribution in [3.63, 3.8) is 0 Å². The number of aromatic nitrogens is 2. The number of para-hydroxylation sites is 2. The Morgan fingerprint density at radius 3 is 2.50 bits per heavy atom. The molecule has 0 radical (unpaired) electrons. The van der Waals surface area contributed by atoms with Crippen LogP contribution in [0.5, 0.6) is 5.75 Å². The molecule has 4 aromatic rings. The molecule has 6 rings (SSSR count). The maximum atomic E-state index is 14.0. The van der Waals surface area contributed by atoms with Crippen LogP contribution in [0.2, 0.25) is 0 Å². The zero-order valence-corrected chi connectivity index (χ0v) is 20.1. The minimum Gasteiger partial charge on any atom is -0.489 e. The predicted molar refractivity (Wildman–Crippen MR) is 135 cm³/mol. The first-order valence-electron chi connectivity index (χ1n) is 12.1. The summed E-state index contributed by atoms with van der Waals surface area (Å²) in [6.45, 7) is 2.84. The van der Waals surface area contributed by atoms with Gasteiger partial charge in [0.2, 0.25) is 0 Å². The smallest absolute Gasteiger partial charge is 0.273 e. The highest BCUT2D eigenvalue weighted by molar-refractivity contribution is 6.09. The number of nitrogens with one attached hydrogen (secondary N) is 1. The van der Waals surface area contributed by atoms with Gasteiger partial charge in [0, 0.05) is 36.4 Å². The van der Waals surface area contributed by atoms with Crippen molar-refractivity contribution >= 4 is 28.2 Å². The molecule has 0 saturated carbocycles. The Balaban J connectivity index is 1.46. The number of pyridine rings is 2. The Hall–Kier alpha value is -4.38. The second kappa shape index (κ2) is 9.82. The monoisotopic (exact) mass is 521 g/mol. The largest absolute Gasteiger partial charge is 0.489 e. The molecule has 194 valence electrons. The highest BCUT2D eigenvalue weighted by Gasteiger charge is 2.27. The number of morpholine rings is 1. The number of halogens is 3. The van der Waals surface area contributed by atoms with Gasteiger partial charge in [0.25, 0.3) is 5.91 Å². The van der Waals surface area contributed by atoms with Gasteiger partial charge in [-0.05, 0) is 30.3 Å². The van der Waals surface area contributed by atoms with Gasteiger partial charge in [-0.25, -0.2) is 13.2 Å². The van der Waals surface area contributed by atoms with E-state index in [1.54, 1.807) is 11.1 Å². The van der Waals surface area contributed by atoms with E-state index >= 15 is 0 Å². The molecule has 0 bridgehead atoms. The highest BCUT2D eigenvalue weighted by Crippen LogP contribution is 2.36. The Bertz CT molecular complexity index is 1520. The van der Waals surface area contributed by atoms with Crippen LogP contribution in [0.4, 0.5) is 24.5 Å². The lowest BCUT2D eigenvalue weighted by Crippen LogP contribution is -2.47. The Morgan fingerprint density at radius 2 is 1.71 bits per heavy atom. The zero-order valence-electron chi connectivity index (χ0n) is 20.1. The molecular formula is C27H22F3N5O3. The summed E-state index contributed by atoms with van der Waals surface area (Å²) in [4.78, 5) is 24.5. The molecule has 1 saturated heterocycles.